The minimum Gasteiger partial charge on any atom is -0.328 e. The zero-order chi connectivity index (χ0) is 9.10. The molecule has 2 N–H and O–H groups in total. The van der Waals surface area contributed by atoms with E-state index in [9.17, 15) is 0 Å². The highest BCUT2D eigenvalue weighted by molar-refractivity contribution is 8.01. The molecular weight excluding hydrogens is 200 g/mol. The molecule has 1 aromatic heterocycles. The molecular formula is C9H14N2S2. The molecule has 1 aromatic rings. The van der Waals surface area contributed by atoms with E-state index in [1.165, 1.54) is 23.6 Å². The lowest BCUT2D eigenvalue weighted by Gasteiger charge is -2.25. The standard InChI is InChI=1S/C9H14N2S2/c10-7-2-1-3-8(6-7)13-9-11-4-5-12-9/h4-5,7-8H,1-3,6,10H2. The van der Waals surface area contributed by atoms with Crippen LogP contribution in [0, 0.1) is 0 Å². The highest BCUT2D eigenvalue weighted by Crippen LogP contribution is 2.33. The van der Waals surface area contributed by atoms with Crippen molar-refractivity contribution in [3.05, 3.63) is 11.6 Å². The summed E-state index contributed by atoms with van der Waals surface area (Å²) < 4.78 is 1.19. The Kier molecular flexibility index (Phi) is 3.24. The second kappa shape index (κ2) is 4.44. The van der Waals surface area contributed by atoms with Gasteiger partial charge in [0.05, 0.1) is 0 Å². The van der Waals surface area contributed by atoms with Gasteiger partial charge in [0.15, 0.2) is 0 Å². The summed E-state index contributed by atoms with van der Waals surface area (Å²) in [4.78, 5) is 4.28. The highest BCUT2D eigenvalue weighted by Gasteiger charge is 2.20. The average molecular weight is 214 g/mol. The number of rotatable bonds is 2. The normalized spacial score (nSPS) is 29.0. The molecule has 0 saturated heterocycles. The zero-order valence-electron chi connectivity index (χ0n) is 7.48. The molecule has 0 spiro atoms. The minimum atomic E-state index is 0.422. The Morgan fingerprint density at radius 2 is 2.46 bits per heavy atom. The second-order valence-corrected chi connectivity index (χ2v) is 5.91. The molecule has 2 rings (SSSR count). The fraction of sp³-hybridized carbons (Fsp3) is 0.667. The summed E-state index contributed by atoms with van der Waals surface area (Å²) in [6.45, 7) is 0. The van der Waals surface area contributed by atoms with Gasteiger partial charge in [-0.25, -0.2) is 4.98 Å². The molecule has 13 heavy (non-hydrogen) atoms. The number of thiazole rings is 1. The molecule has 0 bridgehead atoms. The number of nitrogens with zero attached hydrogens (tertiary/aromatic N) is 1. The van der Waals surface area contributed by atoms with Crippen molar-refractivity contribution in [1.29, 1.82) is 0 Å². The number of hydrogen-bond donors (Lipinski definition) is 1. The maximum atomic E-state index is 5.92. The van der Waals surface area contributed by atoms with Crippen LogP contribution in [0.25, 0.3) is 0 Å². The molecule has 0 aromatic carbocycles. The molecule has 4 heteroatoms. The van der Waals surface area contributed by atoms with Crippen molar-refractivity contribution in [1.82, 2.24) is 4.98 Å². The van der Waals surface area contributed by atoms with Crippen LogP contribution in [0.1, 0.15) is 25.7 Å². The van der Waals surface area contributed by atoms with Crippen molar-refractivity contribution < 1.29 is 0 Å². The van der Waals surface area contributed by atoms with Crippen molar-refractivity contribution >= 4 is 23.1 Å². The monoisotopic (exact) mass is 214 g/mol. The van der Waals surface area contributed by atoms with Gasteiger partial charge >= 0.3 is 0 Å². The first-order chi connectivity index (χ1) is 6.34. The predicted octanol–water partition coefficient (Wildman–Crippen LogP) is 2.51. The van der Waals surface area contributed by atoms with Crippen LogP contribution in [-0.4, -0.2) is 16.3 Å². The number of nitrogens with two attached hydrogens (primary N) is 1. The SMILES string of the molecule is NC1CCCC(Sc2nccs2)C1. The fourth-order valence-electron chi connectivity index (χ4n) is 1.70. The van der Waals surface area contributed by atoms with E-state index >= 15 is 0 Å². The maximum Gasteiger partial charge on any atom is 0.150 e. The first kappa shape index (κ1) is 9.49. The topological polar surface area (TPSA) is 38.9 Å². The fourth-order valence-corrected chi connectivity index (χ4v) is 3.89. The van der Waals surface area contributed by atoms with Gasteiger partial charge in [-0.15, -0.1) is 11.3 Å². The predicted molar refractivity (Wildman–Crippen MR) is 58.2 cm³/mol. The van der Waals surface area contributed by atoms with E-state index in [1.807, 2.05) is 23.3 Å². The Balaban J connectivity index is 1.87. The van der Waals surface area contributed by atoms with Crippen LogP contribution >= 0.6 is 23.1 Å². The van der Waals surface area contributed by atoms with E-state index in [1.54, 1.807) is 11.3 Å². The van der Waals surface area contributed by atoms with E-state index in [0.717, 1.165) is 6.42 Å². The Morgan fingerprint density at radius 3 is 3.15 bits per heavy atom. The molecule has 1 fully saturated rings. The van der Waals surface area contributed by atoms with Crippen molar-refractivity contribution in [2.24, 2.45) is 5.73 Å². The van der Waals surface area contributed by atoms with Crippen molar-refractivity contribution in [3.63, 3.8) is 0 Å². The first-order valence-electron chi connectivity index (χ1n) is 4.66. The Hall–Kier alpha value is -0.0600. The van der Waals surface area contributed by atoms with Gasteiger partial charge in [-0.3, -0.25) is 0 Å². The summed E-state index contributed by atoms with van der Waals surface area (Å²) in [6, 6.07) is 0.422. The molecule has 1 aliphatic rings. The van der Waals surface area contributed by atoms with Gasteiger partial charge in [-0.05, 0) is 19.3 Å². The van der Waals surface area contributed by atoms with Gasteiger partial charge in [-0.2, -0.15) is 0 Å². The Bertz CT molecular complexity index is 248. The molecule has 1 saturated carbocycles. The molecule has 2 unspecified atom stereocenters. The summed E-state index contributed by atoms with van der Waals surface area (Å²) >= 11 is 3.63. The molecule has 1 aliphatic carbocycles. The van der Waals surface area contributed by atoms with E-state index in [0.29, 0.717) is 11.3 Å². The molecule has 72 valence electrons. The third kappa shape index (κ3) is 2.69. The number of hydrogen-bond acceptors (Lipinski definition) is 4. The Labute approximate surface area is 86.9 Å². The summed E-state index contributed by atoms with van der Waals surface area (Å²) in [6.07, 6.45) is 6.82. The van der Waals surface area contributed by atoms with Crippen LogP contribution < -0.4 is 5.73 Å². The smallest absolute Gasteiger partial charge is 0.150 e. The summed E-state index contributed by atoms with van der Waals surface area (Å²) in [7, 11) is 0. The first-order valence-corrected chi connectivity index (χ1v) is 6.42. The average Bonchev–Trinajstić information content (AvgIpc) is 2.57. The van der Waals surface area contributed by atoms with Crippen LogP contribution in [0.5, 0.6) is 0 Å². The lowest BCUT2D eigenvalue weighted by atomic mass is 9.96. The van der Waals surface area contributed by atoms with Crippen molar-refractivity contribution in [3.8, 4) is 0 Å². The van der Waals surface area contributed by atoms with Crippen LogP contribution in [0.15, 0.2) is 15.9 Å². The second-order valence-electron chi connectivity index (χ2n) is 3.46. The molecule has 2 atom stereocenters. The van der Waals surface area contributed by atoms with Crippen LogP contribution in [0.4, 0.5) is 0 Å². The third-order valence-electron chi connectivity index (χ3n) is 2.34. The van der Waals surface area contributed by atoms with Gasteiger partial charge in [0.1, 0.15) is 4.34 Å². The quantitative estimate of drug-likeness (QED) is 0.822. The summed E-state index contributed by atoms with van der Waals surface area (Å²) in [5.41, 5.74) is 5.92. The van der Waals surface area contributed by atoms with Gasteiger partial charge in [0.25, 0.3) is 0 Å². The van der Waals surface area contributed by atoms with Crippen LogP contribution in [0.3, 0.4) is 0 Å². The molecule has 1 heterocycles. The van der Waals surface area contributed by atoms with E-state index in [2.05, 4.69) is 4.98 Å². The molecule has 0 radical (unpaired) electrons. The van der Waals surface area contributed by atoms with E-state index < -0.39 is 0 Å². The van der Waals surface area contributed by atoms with Gasteiger partial charge in [-0.1, -0.05) is 18.2 Å². The summed E-state index contributed by atoms with van der Waals surface area (Å²) in [5, 5.41) is 2.74. The van der Waals surface area contributed by atoms with Crippen molar-refractivity contribution in [2.75, 3.05) is 0 Å². The number of aromatic nitrogens is 1. The zero-order valence-corrected chi connectivity index (χ0v) is 9.11. The van der Waals surface area contributed by atoms with Crippen LogP contribution in [-0.2, 0) is 0 Å². The largest absolute Gasteiger partial charge is 0.328 e. The minimum absolute atomic E-state index is 0.422. The third-order valence-corrected chi connectivity index (χ3v) is 4.55. The highest BCUT2D eigenvalue weighted by atomic mass is 32.2. The van der Waals surface area contributed by atoms with Gasteiger partial charge in [0.2, 0.25) is 0 Å². The number of thioether (sulfide) groups is 1. The molecule has 0 aliphatic heterocycles. The lowest BCUT2D eigenvalue weighted by molar-refractivity contribution is 0.451. The van der Waals surface area contributed by atoms with E-state index in [4.69, 9.17) is 5.73 Å². The molecule has 2 nitrogen and oxygen atoms in total. The van der Waals surface area contributed by atoms with Crippen molar-refractivity contribution in [2.45, 2.75) is 41.3 Å². The van der Waals surface area contributed by atoms with E-state index in [-0.39, 0.29) is 0 Å². The lowest BCUT2D eigenvalue weighted by Crippen LogP contribution is -2.28. The van der Waals surface area contributed by atoms with Gasteiger partial charge in [0, 0.05) is 22.9 Å². The van der Waals surface area contributed by atoms with Crippen LogP contribution in [0.2, 0.25) is 0 Å². The summed E-state index contributed by atoms with van der Waals surface area (Å²) in [5.74, 6) is 0. The maximum absolute atomic E-state index is 5.92. The molecule has 0 amide bonds. The van der Waals surface area contributed by atoms with Gasteiger partial charge < -0.3 is 5.73 Å². The Morgan fingerprint density at radius 1 is 1.54 bits per heavy atom.